The van der Waals surface area contributed by atoms with Crippen LogP contribution in [0.15, 0.2) is 22.7 Å². The number of ether oxygens (including phenoxy) is 2. The Bertz CT molecular complexity index is 596. The van der Waals surface area contributed by atoms with Crippen molar-refractivity contribution in [1.29, 1.82) is 0 Å². The minimum Gasteiger partial charge on any atom is -0.497 e. The van der Waals surface area contributed by atoms with Gasteiger partial charge in [-0.2, -0.15) is 11.8 Å². The van der Waals surface area contributed by atoms with Gasteiger partial charge in [0.15, 0.2) is 0 Å². The van der Waals surface area contributed by atoms with Gasteiger partial charge in [-0.25, -0.2) is 0 Å². The summed E-state index contributed by atoms with van der Waals surface area (Å²) in [5.41, 5.74) is 0.679. The number of halogens is 1. The molecule has 138 valence electrons. The molecule has 0 aromatic heterocycles. The normalized spacial score (nSPS) is 22.5. The molecule has 2 aliphatic heterocycles. The summed E-state index contributed by atoms with van der Waals surface area (Å²) in [5, 5.41) is 0. The highest BCUT2D eigenvalue weighted by atomic mass is 79.9. The van der Waals surface area contributed by atoms with Crippen molar-refractivity contribution in [1.82, 2.24) is 9.80 Å². The number of carbonyl (C=O) groups is 1. The fraction of sp³-hybridized carbons (Fsp3) is 0.611. The summed E-state index contributed by atoms with van der Waals surface area (Å²) in [6, 6.07) is 5.81. The lowest BCUT2D eigenvalue weighted by Gasteiger charge is -2.36. The van der Waals surface area contributed by atoms with E-state index in [-0.39, 0.29) is 11.9 Å². The zero-order chi connectivity index (χ0) is 17.6. The number of thioether (sulfide) groups is 1. The van der Waals surface area contributed by atoms with E-state index < -0.39 is 0 Å². The molecule has 1 aromatic carbocycles. The van der Waals surface area contributed by atoms with Crippen molar-refractivity contribution in [2.45, 2.75) is 12.5 Å². The van der Waals surface area contributed by atoms with Gasteiger partial charge in [-0.1, -0.05) is 0 Å². The van der Waals surface area contributed by atoms with E-state index in [1.807, 2.05) is 30.0 Å². The molecule has 1 atom stereocenters. The molecule has 2 aliphatic rings. The molecule has 3 rings (SSSR count). The van der Waals surface area contributed by atoms with Crippen molar-refractivity contribution in [3.63, 3.8) is 0 Å². The highest BCUT2D eigenvalue weighted by Gasteiger charge is 2.29. The number of hydrogen-bond donors (Lipinski definition) is 0. The molecule has 0 N–H and O–H groups in total. The maximum atomic E-state index is 13.3. The van der Waals surface area contributed by atoms with Crippen molar-refractivity contribution in [2.24, 2.45) is 0 Å². The molecule has 1 amide bonds. The maximum Gasteiger partial charge on any atom is 0.255 e. The average molecular weight is 429 g/mol. The zero-order valence-corrected chi connectivity index (χ0v) is 17.0. The van der Waals surface area contributed by atoms with Crippen LogP contribution in [0.5, 0.6) is 5.75 Å². The van der Waals surface area contributed by atoms with E-state index in [4.69, 9.17) is 9.47 Å². The van der Waals surface area contributed by atoms with Gasteiger partial charge in [-0.05, 0) is 46.3 Å². The molecule has 7 heteroatoms. The number of nitrogens with zero attached hydrogens (tertiary/aromatic N) is 2. The number of hydrogen-bond acceptors (Lipinski definition) is 5. The lowest BCUT2D eigenvalue weighted by atomic mass is 10.1. The molecular formula is C18H25BrN2O3S. The average Bonchev–Trinajstić information content (AvgIpc) is 2.88. The minimum atomic E-state index is 0.0894. The van der Waals surface area contributed by atoms with E-state index in [9.17, 15) is 4.79 Å². The molecule has 25 heavy (non-hydrogen) atoms. The van der Waals surface area contributed by atoms with Gasteiger partial charge >= 0.3 is 0 Å². The van der Waals surface area contributed by atoms with Gasteiger partial charge < -0.3 is 14.4 Å². The van der Waals surface area contributed by atoms with Gasteiger partial charge in [-0.15, -0.1) is 0 Å². The van der Waals surface area contributed by atoms with Crippen LogP contribution in [-0.2, 0) is 4.74 Å². The molecule has 1 aromatic rings. The van der Waals surface area contributed by atoms with Crippen LogP contribution in [0.1, 0.15) is 16.8 Å². The van der Waals surface area contributed by atoms with Gasteiger partial charge in [0.1, 0.15) is 5.75 Å². The first-order valence-electron chi connectivity index (χ1n) is 8.71. The summed E-state index contributed by atoms with van der Waals surface area (Å²) < 4.78 is 11.6. The Labute approximate surface area is 162 Å². The summed E-state index contributed by atoms with van der Waals surface area (Å²) in [7, 11) is 1.63. The summed E-state index contributed by atoms with van der Waals surface area (Å²) in [5.74, 6) is 2.90. The van der Waals surface area contributed by atoms with Crippen molar-refractivity contribution < 1.29 is 14.3 Å². The molecular weight excluding hydrogens is 404 g/mol. The van der Waals surface area contributed by atoms with E-state index in [2.05, 4.69) is 25.7 Å². The highest BCUT2D eigenvalue weighted by Crippen LogP contribution is 2.26. The SMILES string of the molecule is COc1ccc(Br)c(C(=O)N2CCCSCC2CN2CCOCC2)c1. The smallest absolute Gasteiger partial charge is 0.255 e. The lowest BCUT2D eigenvalue weighted by molar-refractivity contribution is 0.0244. The Morgan fingerprint density at radius 3 is 2.92 bits per heavy atom. The van der Waals surface area contributed by atoms with Gasteiger partial charge in [0.05, 0.1) is 31.9 Å². The van der Waals surface area contributed by atoms with E-state index >= 15 is 0 Å². The standard InChI is InChI=1S/C18H25BrN2O3S/c1-23-15-3-4-17(19)16(11-15)18(22)21-5-2-10-25-13-14(21)12-20-6-8-24-9-7-20/h3-4,11,14H,2,5-10,12-13H2,1H3. The third-order valence-electron chi connectivity index (χ3n) is 4.68. The Balaban J connectivity index is 1.79. The van der Waals surface area contributed by atoms with E-state index in [1.54, 1.807) is 7.11 Å². The van der Waals surface area contributed by atoms with Gasteiger partial charge in [-0.3, -0.25) is 9.69 Å². The second kappa shape index (κ2) is 9.26. The first kappa shape index (κ1) is 19.0. The van der Waals surface area contributed by atoms with Crippen molar-refractivity contribution in [3.05, 3.63) is 28.2 Å². The number of benzene rings is 1. The van der Waals surface area contributed by atoms with Crippen molar-refractivity contribution in [2.75, 3.05) is 58.0 Å². The second-order valence-corrected chi connectivity index (χ2v) is 8.34. The third-order valence-corrected chi connectivity index (χ3v) is 6.57. The molecule has 1 unspecified atom stereocenters. The number of methoxy groups -OCH3 is 1. The number of morpholine rings is 1. The number of carbonyl (C=O) groups excluding carboxylic acids is 1. The first-order chi connectivity index (χ1) is 12.2. The molecule has 0 radical (unpaired) electrons. The minimum absolute atomic E-state index is 0.0894. The van der Waals surface area contributed by atoms with Crippen LogP contribution in [-0.4, -0.2) is 79.8 Å². The Morgan fingerprint density at radius 1 is 1.36 bits per heavy atom. The summed E-state index contributed by atoms with van der Waals surface area (Å²) in [4.78, 5) is 17.8. The Morgan fingerprint density at radius 2 is 2.16 bits per heavy atom. The largest absolute Gasteiger partial charge is 0.497 e. The van der Waals surface area contributed by atoms with Crippen LogP contribution in [0, 0.1) is 0 Å². The Kier molecular flexibility index (Phi) is 7.04. The van der Waals surface area contributed by atoms with Crippen molar-refractivity contribution in [3.8, 4) is 5.75 Å². The summed E-state index contributed by atoms with van der Waals surface area (Å²) in [6.07, 6.45) is 1.04. The van der Waals surface area contributed by atoms with Crippen LogP contribution in [0.3, 0.4) is 0 Å². The number of amides is 1. The molecule has 5 nitrogen and oxygen atoms in total. The van der Waals surface area contributed by atoms with E-state index in [0.29, 0.717) is 11.3 Å². The molecule has 0 saturated carbocycles. The van der Waals surface area contributed by atoms with Crippen molar-refractivity contribution >= 4 is 33.6 Å². The van der Waals surface area contributed by atoms with E-state index in [0.717, 1.165) is 61.8 Å². The molecule has 2 heterocycles. The molecule has 0 aliphatic carbocycles. The van der Waals surface area contributed by atoms with Crippen LogP contribution < -0.4 is 4.74 Å². The van der Waals surface area contributed by atoms with Gasteiger partial charge in [0.25, 0.3) is 5.91 Å². The predicted octanol–water partition coefficient (Wildman–Crippen LogP) is 2.74. The second-order valence-electron chi connectivity index (χ2n) is 6.34. The monoisotopic (exact) mass is 428 g/mol. The summed E-state index contributed by atoms with van der Waals surface area (Å²) >= 11 is 5.48. The molecule has 2 fully saturated rings. The molecule has 0 bridgehead atoms. The van der Waals surface area contributed by atoms with Crippen LogP contribution >= 0.6 is 27.7 Å². The zero-order valence-electron chi connectivity index (χ0n) is 14.6. The highest BCUT2D eigenvalue weighted by molar-refractivity contribution is 9.10. The van der Waals surface area contributed by atoms with Gasteiger partial charge in [0.2, 0.25) is 0 Å². The van der Waals surface area contributed by atoms with Crippen LogP contribution in [0.2, 0.25) is 0 Å². The number of rotatable bonds is 4. The molecule has 2 saturated heterocycles. The van der Waals surface area contributed by atoms with Crippen LogP contribution in [0.4, 0.5) is 0 Å². The first-order valence-corrected chi connectivity index (χ1v) is 10.7. The fourth-order valence-corrected chi connectivity index (χ4v) is 4.75. The quantitative estimate of drug-likeness (QED) is 0.737. The fourth-order valence-electron chi connectivity index (χ4n) is 3.28. The summed E-state index contributed by atoms with van der Waals surface area (Å²) in [6.45, 7) is 5.21. The maximum absolute atomic E-state index is 13.3. The third kappa shape index (κ3) is 4.90. The predicted molar refractivity (Wildman–Crippen MR) is 105 cm³/mol. The Hall–Kier alpha value is -0.760. The lowest BCUT2D eigenvalue weighted by Crippen LogP contribution is -2.50. The van der Waals surface area contributed by atoms with E-state index in [1.165, 1.54) is 0 Å². The molecule has 0 spiro atoms. The van der Waals surface area contributed by atoms with Crippen LogP contribution in [0.25, 0.3) is 0 Å². The van der Waals surface area contributed by atoms with Gasteiger partial charge in [0, 0.05) is 36.4 Å². The topological polar surface area (TPSA) is 42.0 Å².